The summed E-state index contributed by atoms with van der Waals surface area (Å²) in [5.41, 5.74) is 0.972. The molecule has 2 N–H and O–H groups in total. The topological polar surface area (TPSA) is 50.6 Å². The van der Waals surface area contributed by atoms with Gasteiger partial charge in [-0.1, -0.05) is 23.2 Å². The summed E-state index contributed by atoms with van der Waals surface area (Å²) in [7, 11) is 1.88. The SMILES string of the molecule is CCNC(=NCc1cc(Cl)c(Cl)n1C)NCC1CCCO1. The number of guanidine groups is 1. The van der Waals surface area contributed by atoms with Crippen LogP contribution in [0, 0.1) is 0 Å². The molecule has 118 valence electrons. The standard InChI is InChI=1S/C14H22Cl2N4O/c1-3-17-14(19-9-11-5-4-6-21-11)18-8-10-7-12(15)13(16)20(10)2/h7,11H,3-6,8-9H2,1-2H3,(H2,17,18,19). The van der Waals surface area contributed by atoms with Gasteiger partial charge in [-0.05, 0) is 25.8 Å². The van der Waals surface area contributed by atoms with Crippen LogP contribution < -0.4 is 10.6 Å². The lowest BCUT2D eigenvalue weighted by Crippen LogP contribution is -2.41. The molecule has 1 aliphatic rings. The number of nitrogens with one attached hydrogen (secondary N) is 2. The molecule has 0 bridgehead atoms. The van der Waals surface area contributed by atoms with Crippen LogP contribution in [-0.2, 0) is 18.3 Å². The Kier molecular flexibility index (Phi) is 6.21. The van der Waals surface area contributed by atoms with E-state index in [1.54, 1.807) is 0 Å². The quantitative estimate of drug-likeness (QED) is 0.643. The van der Waals surface area contributed by atoms with Crippen molar-refractivity contribution in [2.75, 3.05) is 19.7 Å². The Bertz CT molecular complexity index is 495. The molecule has 21 heavy (non-hydrogen) atoms. The summed E-state index contributed by atoms with van der Waals surface area (Å²) in [6.07, 6.45) is 2.53. The molecule has 1 unspecified atom stereocenters. The number of hydrogen-bond donors (Lipinski definition) is 2. The van der Waals surface area contributed by atoms with Crippen molar-refractivity contribution in [3.8, 4) is 0 Å². The molecule has 0 amide bonds. The van der Waals surface area contributed by atoms with Gasteiger partial charge in [-0.25, -0.2) is 4.99 Å². The van der Waals surface area contributed by atoms with Gasteiger partial charge in [0.1, 0.15) is 5.15 Å². The highest BCUT2D eigenvalue weighted by molar-refractivity contribution is 6.41. The molecule has 1 saturated heterocycles. The molecule has 1 aliphatic heterocycles. The van der Waals surface area contributed by atoms with Gasteiger partial charge in [-0.3, -0.25) is 0 Å². The number of halogens is 2. The maximum Gasteiger partial charge on any atom is 0.191 e. The molecule has 0 saturated carbocycles. The van der Waals surface area contributed by atoms with E-state index in [0.29, 0.717) is 16.7 Å². The first kappa shape index (κ1) is 16.5. The molecule has 1 atom stereocenters. The Morgan fingerprint density at radius 3 is 2.86 bits per heavy atom. The van der Waals surface area contributed by atoms with Gasteiger partial charge in [0.2, 0.25) is 0 Å². The zero-order chi connectivity index (χ0) is 15.2. The molecule has 1 fully saturated rings. The van der Waals surface area contributed by atoms with E-state index < -0.39 is 0 Å². The summed E-state index contributed by atoms with van der Waals surface area (Å²) in [6, 6.07) is 1.84. The number of rotatable bonds is 5. The van der Waals surface area contributed by atoms with Gasteiger partial charge in [0, 0.05) is 32.4 Å². The molecular formula is C14H22Cl2N4O. The largest absolute Gasteiger partial charge is 0.376 e. The van der Waals surface area contributed by atoms with Crippen LogP contribution in [-0.4, -0.2) is 36.3 Å². The fourth-order valence-electron chi connectivity index (χ4n) is 2.26. The second-order valence-corrected chi connectivity index (χ2v) is 5.81. The maximum atomic E-state index is 6.06. The van der Waals surface area contributed by atoms with Crippen molar-refractivity contribution >= 4 is 29.2 Å². The summed E-state index contributed by atoms with van der Waals surface area (Å²) >= 11 is 12.1. The molecule has 0 aliphatic carbocycles. The zero-order valence-electron chi connectivity index (χ0n) is 12.5. The average Bonchev–Trinajstić information content (AvgIpc) is 3.07. The third kappa shape index (κ3) is 4.53. The molecule has 0 radical (unpaired) electrons. The van der Waals surface area contributed by atoms with Crippen LogP contribution in [0.4, 0.5) is 0 Å². The number of aliphatic imine (C=N–C) groups is 1. The molecule has 1 aromatic heterocycles. The Morgan fingerprint density at radius 1 is 1.48 bits per heavy atom. The fourth-order valence-corrected chi connectivity index (χ4v) is 2.67. The molecule has 7 heteroatoms. The van der Waals surface area contributed by atoms with Crippen LogP contribution in [0.2, 0.25) is 10.2 Å². The van der Waals surface area contributed by atoms with E-state index in [1.165, 1.54) is 0 Å². The smallest absolute Gasteiger partial charge is 0.191 e. The van der Waals surface area contributed by atoms with Gasteiger partial charge in [0.25, 0.3) is 0 Å². The third-order valence-electron chi connectivity index (χ3n) is 3.48. The number of hydrogen-bond acceptors (Lipinski definition) is 2. The fraction of sp³-hybridized carbons (Fsp3) is 0.643. The van der Waals surface area contributed by atoms with Crippen molar-refractivity contribution in [2.24, 2.45) is 12.0 Å². The van der Waals surface area contributed by atoms with Crippen molar-refractivity contribution in [2.45, 2.75) is 32.4 Å². The van der Waals surface area contributed by atoms with Crippen molar-refractivity contribution in [3.05, 3.63) is 21.9 Å². The van der Waals surface area contributed by atoms with Crippen LogP contribution in [0.25, 0.3) is 0 Å². The number of ether oxygens (including phenoxy) is 1. The first-order chi connectivity index (χ1) is 10.1. The summed E-state index contributed by atoms with van der Waals surface area (Å²) in [4.78, 5) is 4.56. The van der Waals surface area contributed by atoms with E-state index in [1.807, 2.05) is 24.6 Å². The zero-order valence-corrected chi connectivity index (χ0v) is 14.0. The lowest BCUT2D eigenvalue weighted by molar-refractivity contribution is 0.114. The molecule has 1 aromatic rings. The minimum atomic E-state index is 0.285. The number of nitrogens with zero attached hydrogens (tertiary/aromatic N) is 2. The molecule has 0 spiro atoms. The lowest BCUT2D eigenvalue weighted by Gasteiger charge is -2.14. The Labute approximate surface area is 135 Å². The Hall–Kier alpha value is -0.910. The molecular weight excluding hydrogens is 311 g/mol. The second kappa shape index (κ2) is 7.92. The monoisotopic (exact) mass is 332 g/mol. The molecule has 0 aromatic carbocycles. The van der Waals surface area contributed by atoms with E-state index in [4.69, 9.17) is 27.9 Å². The van der Waals surface area contributed by atoms with E-state index in [-0.39, 0.29) is 6.10 Å². The second-order valence-electron chi connectivity index (χ2n) is 5.04. The minimum absolute atomic E-state index is 0.285. The highest BCUT2D eigenvalue weighted by atomic mass is 35.5. The highest BCUT2D eigenvalue weighted by Gasteiger charge is 2.15. The summed E-state index contributed by atoms with van der Waals surface area (Å²) in [5.74, 6) is 0.779. The summed E-state index contributed by atoms with van der Waals surface area (Å²) < 4.78 is 7.44. The van der Waals surface area contributed by atoms with E-state index in [2.05, 4.69) is 15.6 Å². The Balaban J connectivity index is 1.94. The van der Waals surface area contributed by atoms with Crippen molar-refractivity contribution < 1.29 is 4.74 Å². The number of aromatic nitrogens is 1. The van der Waals surface area contributed by atoms with Crippen LogP contribution in [0.1, 0.15) is 25.5 Å². The maximum absolute atomic E-state index is 6.06. The van der Waals surface area contributed by atoms with Gasteiger partial charge in [-0.2, -0.15) is 0 Å². The van der Waals surface area contributed by atoms with Crippen LogP contribution in [0.15, 0.2) is 11.1 Å². The Morgan fingerprint density at radius 2 is 2.29 bits per heavy atom. The normalized spacial score (nSPS) is 19.0. The van der Waals surface area contributed by atoms with Crippen molar-refractivity contribution in [3.63, 3.8) is 0 Å². The van der Waals surface area contributed by atoms with Gasteiger partial charge < -0.3 is 19.9 Å². The van der Waals surface area contributed by atoms with Crippen LogP contribution in [0.5, 0.6) is 0 Å². The van der Waals surface area contributed by atoms with Crippen LogP contribution in [0.3, 0.4) is 0 Å². The summed E-state index contributed by atoms with van der Waals surface area (Å²) in [5, 5.41) is 7.64. The molecule has 2 heterocycles. The predicted octanol–water partition coefficient (Wildman–Crippen LogP) is 2.57. The predicted molar refractivity (Wildman–Crippen MR) is 87.2 cm³/mol. The lowest BCUT2D eigenvalue weighted by atomic mass is 10.2. The molecule has 5 nitrogen and oxygen atoms in total. The van der Waals surface area contributed by atoms with Gasteiger partial charge in [0.05, 0.1) is 17.7 Å². The first-order valence-corrected chi connectivity index (χ1v) is 8.00. The van der Waals surface area contributed by atoms with Crippen molar-refractivity contribution in [1.29, 1.82) is 0 Å². The highest BCUT2D eigenvalue weighted by Crippen LogP contribution is 2.25. The van der Waals surface area contributed by atoms with Crippen molar-refractivity contribution in [1.82, 2.24) is 15.2 Å². The minimum Gasteiger partial charge on any atom is -0.376 e. The van der Waals surface area contributed by atoms with E-state index in [0.717, 1.165) is 44.2 Å². The van der Waals surface area contributed by atoms with Gasteiger partial charge in [-0.15, -0.1) is 0 Å². The van der Waals surface area contributed by atoms with Gasteiger partial charge >= 0.3 is 0 Å². The van der Waals surface area contributed by atoms with E-state index in [9.17, 15) is 0 Å². The van der Waals surface area contributed by atoms with Gasteiger partial charge in [0.15, 0.2) is 5.96 Å². The van der Waals surface area contributed by atoms with Crippen LogP contribution >= 0.6 is 23.2 Å². The average molecular weight is 333 g/mol. The summed E-state index contributed by atoms with van der Waals surface area (Å²) in [6.45, 7) is 5.01. The molecule has 2 rings (SSSR count). The van der Waals surface area contributed by atoms with E-state index >= 15 is 0 Å². The third-order valence-corrected chi connectivity index (χ3v) is 4.32. The first-order valence-electron chi connectivity index (χ1n) is 7.25.